The van der Waals surface area contributed by atoms with Gasteiger partial charge >= 0.3 is 5.97 Å². The predicted octanol–water partition coefficient (Wildman–Crippen LogP) is 3.40. The zero-order chi connectivity index (χ0) is 14.5. The number of rotatable bonds is 4. The van der Waals surface area contributed by atoms with Gasteiger partial charge in [0.1, 0.15) is 5.69 Å². The van der Waals surface area contributed by atoms with Crippen LogP contribution in [0.25, 0.3) is 0 Å². The van der Waals surface area contributed by atoms with Crippen molar-refractivity contribution in [3.05, 3.63) is 52.8 Å². The molecule has 0 atom stereocenters. The van der Waals surface area contributed by atoms with Gasteiger partial charge in [0.2, 0.25) is 0 Å². The highest BCUT2D eigenvalue weighted by atomic mass is 35.5. The van der Waals surface area contributed by atoms with Gasteiger partial charge in [-0.25, -0.2) is 9.78 Å². The Balaban J connectivity index is 2.09. The molecule has 1 heterocycles. The number of nitrogen functional groups attached to an aromatic ring is 1. The summed E-state index contributed by atoms with van der Waals surface area (Å²) in [6, 6.07) is 10.6. The molecule has 0 aliphatic heterocycles. The normalized spacial score (nSPS) is 10.3. The Hall–Kier alpha value is -1.72. The van der Waals surface area contributed by atoms with E-state index in [-0.39, 0.29) is 0 Å². The third kappa shape index (κ3) is 3.65. The van der Waals surface area contributed by atoms with E-state index in [0.717, 1.165) is 10.6 Å². The molecule has 2 rings (SSSR count). The molecule has 0 bridgehead atoms. The number of anilines is 1. The van der Waals surface area contributed by atoms with E-state index in [0.29, 0.717) is 22.2 Å². The molecule has 0 aliphatic rings. The number of benzene rings is 1. The molecule has 4 nitrogen and oxygen atoms in total. The standard InChI is InChI=1S/C14H13ClN2O2S/c1-19-14(18)12-4-2-3-10(17-12)8-20-13-6-5-9(16)7-11(13)15/h2-7H,8,16H2,1H3. The van der Waals surface area contributed by atoms with Crippen LogP contribution in [0, 0.1) is 0 Å². The summed E-state index contributed by atoms with van der Waals surface area (Å²) in [4.78, 5) is 16.6. The number of esters is 1. The summed E-state index contributed by atoms with van der Waals surface area (Å²) in [5, 5.41) is 0.610. The molecule has 0 fully saturated rings. The molecule has 1 aromatic carbocycles. The van der Waals surface area contributed by atoms with Crippen molar-refractivity contribution in [1.82, 2.24) is 4.98 Å². The molecule has 0 amide bonds. The van der Waals surface area contributed by atoms with Gasteiger partial charge < -0.3 is 10.5 Å². The van der Waals surface area contributed by atoms with Crippen LogP contribution in [-0.4, -0.2) is 18.1 Å². The van der Waals surface area contributed by atoms with Crippen LogP contribution in [-0.2, 0) is 10.5 Å². The first-order valence-corrected chi connectivity index (χ1v) is 7.18. The number of aromatic nitrogens is 1. The molecule has 1 aromatic heterocycles. The lowest BCUT2D eigenvalue weighted by Crippen LogP contribution is -2.05. The van der Waals surface area contributed by atoms with Crippen LogP contribution in [0.2, 0.25) is 5.02 Å². The molecule has 0 unspecified atom stereocenters. The Morgan fingerprint density at radius 3 is 2.90 bits per heavy atom. The first kappa shape index (κ1) is 14.7. The first-order valence-electron chi connectivity index (χ1n) is 5.82. The average molecular weight is 309 g/mol. The van der Waals surface area contributed by atoms with Gasteiger partial charge in [-0.3, -0.25) is 0 Å². The smallest absolute Gasteiger partial charge is 0.356 e. The van der Waals surface area contributed by atoms with Crippen molar-refractivity contribution in [1.29, 1.82) is 0 Å². The summed E-state index contributed by atoms with van der Waals surface area (Å²) < 4.78 is 4.64. The number of nitrogens with two attached hydrogens (primary N) is 1. The van der Waals surface area contributed by atoms with E-state index in [9.17, 15) is 4.79 Å². The highest BCUT2D eigenvalue weighted by Crippen LogP contribution is 2.30. The Kier molecular flexibility index (Phi) is 4.87. The number of pyridine rings is 1. The Labute approximate surface area is 126 Å². The van der Waals surface area contributed by atoms with Crippen LogP contribution in [0.15, 0.2) is 41.3 Å². The topological polar surface area (TPSA) is 65.2 Å². The fraction of sp³-hybridized carbons (Fsp3) is 0.143. The van der Waals surface area contributed by atoms with E-state index < -0.39 is 5.97 Å². The van der Waals surface area contributed by atoms with Gasteiger partial charge in [0.15, 0.2) is 0 Å². The maximum Gasteiger partial charge on any atom is 0.356 e. The molecule has 2 aromatic rings. The number of methoxy groups -OCH3 is 1. The van der Waals surface area contributed by atoms with Gasteiger partial charge in [-0.15, -0.1) is 11.8 Å². The average Bonchev–Trinajstić information content (AvgIpc) is 2.46. The third-order valence-corrected chi connectivity index (χ3v) is 4.06. The SMILES string of the molecule is COC(=O)c1cccc(CSc2ccc(N)cc2Cl)n1. The van der Waals surface area contributed by atoms with Crippen molar-refractivity contribution in [2.45, 2.75) is 10.6 Å². The van der Waals surface area contributed by atoms with Crippen molar-refractivity contribution in [2.75, 3.05) is 12.8 Å². The van der Waals surface area contributed by atoms with Crippen molar-refractivity contribution >= 4 is 35.0 Å². The van der Waals surface area contributed by atoms with Gasteiger partial charge in [0.25, 0.3) is 0 Å². The van der Waals surface area contributed by atoms with Gasteiger partial charge in [-0.2, -0.15) is 0 Å². The summed E-state index contributed by atoms with van der Waals surface area (Å²) in [5.74, 6) is 0.163. The molecule has 6 heteroatoms. The molecule has 0 saturated carbocycles. The summed E-state index contributed by atoms with van der Waals surface area (Å²) in [7, 11) is 1.33. The van der Waals surface area contributed by atoms with Crippen LogP contribution in [0.1, 0.15) is 16.2 Å². The van der Waals surface area contributed by atoms with Crippen LogP contribution in [0.5, 0.6) is 0 Å². The quantitative estimate of drug-likeness (QED) is 0.533. The monoisotopic (exact) mass is 308 g/mol. The van der Waals surface area contributed by atoms with E-state index >= 15 is 0 Å². The number of carbonyl (C=O) groups is 1. The fourth-order valence-electron chi connectivity index (χ4n) is 1.56. The summed E-state index contributed by atoms with van der Waals surface area (Å²) in [6.45, 7) is 0. The number of hydrogen-bond acceptors (Lipinski definition) is 5. The van der Waals surface area contributed by atoms with E-state index in [1.54, 1.807) is 24.3 Å². The van der Waals surface area contributed by atoms with E-state index in [2.05, 4.69) is 9.72 Å². The summed E-state index contributed by atoms with van der Waals surface area (Å²) in [5.41, 5.74) is 7.36. The second-order valence-corrected chi connectivity index (χ2v) is 5.41. The highest BCUT2D eigenvalue weighted by Gasteiger charge is 2.08. The highest BCUT2D eigenvalue weighted by molar-refractivity contribution is 7.98. The molecule has 0 spiro atoms. The van der Waals surface area contributed by atoms with Crippen LogP contribution in [0.3, 0.4) is 0 Å². The van der Waals surface area contributed by atoms with Crippen molar-refractivity contribution in [2.24, 2.45) is 0 Å². The minimum atomic E-state index is -0.442. The van der Waals surface area contributed by atoms with Gasteiger partial charge in [0, 0.05) is 16.3 Å². The number of nitrogens with zero attached hydrogens (tertiary/aromatic N) is 1. The Bertz CT molecular complexity index is 634. The van der Waals surface area contributed by atoms with Crippen LogP contribution in [0.4, 0.5) is 5.69 Å². The minimum absolute atomic E-state index is 0.300. The molecule has 104 valence electrons. The van der Waals surface area contributed by atoms with Crippen molar-refractivity contribution in [3.8, 4) is 0 Å². The van der Waals surface area contributed by atoms with E-state index in [1.807, 2.05) is 12.1 Å². The van der Waals surface area contributed by atoms with E-state index in [4.69, 9.17) is 17.3 Å². The molecule has 2 N–H and O–H groups in total. The molecule has 0 aliphatic carbocycles. The maximum atomic E-state index is 11.4. The molecule has 20 heavy (non-hydrogen) atoms. The van der Waals surface area contributed by atoms with Gasteiger partial charge in [-0.05, 0) is 30.3 Å². The maximum absolute atomic E-state index is 11.4. The number of ether oxygens (including phenoxy) is 1. The van der Waals surface area contributed by atoms with E-state index in [1.165, 1.54) is 18.9 Å². The summed E-state index contributed by atoms with van der Waals surface area (Å²) in [6.07, 6.45) is 0. The predicted molar refractivity (Wildman–Crippen MR) is 81.0 cm³/mol. The molecule has 0 saturated heterocycles. The Morgan fingerprint density at radius 1 is 1.40 bits per heavy atom. The zero-order valence-corrected chi connectivity index (χ0v) is 12.4. The number of thioether (sulfide) groups is 1. The largest absolute Gasteiger partial charge is 0.464 e. The second-order valence-electron chi connectivity index (χ2n) is 3.98. The molecular weight excluding hydrogens is 296 g/mol. The lowest BCUT2D eigenvalue weighted by molar-refractivity contribution is 0.0594. The zero-order valence-electron chi connectivity index (χ0n) is 10.8. The molecular formula is C14H13ClN2O2S. The van der Waals surface area contributed by atoms with Crippen LogP contribution < -0.4 is 5.73 Å². The first-order chi connectivity index (χ1) is 9.60. The lowest BCUT2D eigenvalue weighted by Gasteiger charge is -2.06. The molecule has 0 radical (unpaired) electrons. The second kappa shape index (κ2) is 6.63. The minimum Gasteiger partial charge on any atom is -0.464 e. The van der Waals surface area contributed by atoms with Crippen LogP contribution >= 0.6 is 23.4 Å². The Morgan fingerprint density at radius 2 is 2.20 bits per heavy atom. The van der Waals surface area contributed by atoms with Gasteiger partial charge in [0.05, 0.1) is 17.8 Å². The summed E-state index contributed by atoms with van der Waals surface area (Å²) >= 11 is 7.64. The van der Waals surface area contributed by atoms with Gasteiger partial charge in [-0.1, -0.05) is 17.7 Å². The number of halogens is 1. The fourth-order valence-corrected chi connectivity index (χ4v) is 2.74. The third-order valence-electron chi connectivity index (χ3n) is 2.53. The number of carbonyl (C=O) groups excluding carboxylic acids is 1. The number of hydrogen-bond donors (Lipinski definition) is 1. The van der Waals surface area contributed by atoms with Crippen molar-refractivity contribution < 1.29 is 9.53 Å². The van der Waals surface area contributed by atoms with Crippen molar-refractivity contribution in [3.63, 3.8) is 0 Å². The lowest BCUT2D eigenvalue weighted by atomic mass is 10.3.